The Morgan fingerprint density at radius 1 is 1.25 bits per heavy atom. The molecule has 0 bridgehead atoms. The van der Waals surface area contributed by atoms with Gasteiger partial charge in [0.25, 0.3) is 0 Å². The number of rotatable bonds is 3. The summed E-state index contributed by atoms with van der Waals surface area (Å²) in [6.07, 6.45) is 3.79. The molecule has 3 aliphatic carbocycles. The van der Waals surface area contributed by atoms with Crippen LogP contribution >= 0.6 is 0 Å². The first kappa shape index (κ1) is 10.5. The maximum Gasteiger partial charge on any atom is 0.248 e. The lowest BCUT2D eigenvalue weighted by atomic mass is 10.1. The van der Waals surface area contributed by atoms with Gasteiger partial charge in [0.2, 0.25) is 11.8 Å². The highest BCUT2D eigenvalue weighted by atomic mass is 19.3. The van der Waals surface area contributed by atoms with Gasteiger partial charge in [0.05, 0.1) is 0 Å². The molecule has 0 unspecified atom stereocenters. The van der Waals surface area contributed by atoms with Crippen molar-refractivity contribution in [2.75, 3.05) is 6.54 Å². The third-order valence-electron chi connectivity index (χ3n) is 4.55. The molecule has 1 N–H and O–H groups in total. The van der Waals surface area contributed by atoms with Gasteiger partial charge in [-0.15, -0.1) is 0 Å². The van der Waals surface area contributed by atoms with E-state index in [0.29, 0.717) is 24.3 Å². The van der Waals surface area contributed by atoms with Crippen molar-refractivity contribution in [1.82, 2.24) is 5.32 Å². The minimum atomic E-state index is -2.61. The van der Waals surface area contributed by atoms with Crippen molar-refractivity contribution in [3.63, 3.8) is 0 Å². The molecular formula is C12H17F2NO. The quantitative estimate of drug-likeness (QED) is 0.790. The number of carbonyl (C=O) groups excluding carboxylic acids is 1. The molecule has 1 spiro atoms. The van der Waals surface area contributed by atoms with Crippen molar-refractivity contribution in [1.29, 1.82) is 0 Å². The summed E-state index contributed by atoms with van der Waals surface area (Å²) >= 11 is 0. The molecule has 2 nitrogen and oxygen atoms in total. The van der Waals surface area contributed by atoms with E-state index in [1.165, 1.54) is 19.3 Å². The number of hydrogen-bond acceptors (Lipinski definition) is 1. The zero-order valence-corrected chi connectivity index (χ0v) is 9.27. The van der Waals surface area contributed by atoms with E-state index in [9.17, 15) is 13.6 Å². The third-order valence-corrected chi connectivity index (χ3v) is 4.55. The van der Waals surface area contributed by atoms with Gasteiger partial charge in [-0.1, -0.05) is 0 Å². The molecule has 4 heteroatoms. The molecule has 0 saturated heterocycles. The van der Waals surface area contributed by atoms with E-state index in [0.717, 1.165) is 0 Å². The molecule has 2 atom stereocenters. The lowest BCUT2D eigenvalue weighted by Gasteiger charge is -2.11. The van der Waals surface area contributed by atoms with Crippen LogP contribution in [0.3, 0.4) is 0 Å². The number of alkyl halides is 2. The molecular weight excluding hydrogens is 212 g/mol. The smallest absolute Gasteiger partial charge is 0.248 e. The van der Waals surface area contributed by atoms with Gasteiger partial charge in [-0.3, -0.25) is 4.79 Å². The first-order valence-corrected chi connectivity index (χ1v) is 6.16. The number of nitrogens with one attached hydrogen (secondary N) is 1. The van der Waals surface area contributed by atoms with Crippen LogP contribution in [0.25, 0.3) is 0 Å². The summed E-state index contributed by atoms with van der Waals surface area (Å²) in [6.45, 7) is 0.709. The number of carbonyl (C=O) groups is 1. The summed E-state index contributed by atoms with van der Waals surface area (Å²) < 4.78 is 25.8. The molecule has 0 radical (unpaired) electrons. The van der Waals surface area contributed by atoms with Crippen molar-refractivity contribution < 1.29 is 13.6 Å². The van der Waals surface area contributed by atoms with Crippen LogP contribution < -0.4 is 5.32 Å². The van der Waals surface area contributed by atoms with E-state index in [-0.39, 0.29) is 18.7 Å². The average Bonchev–Trinajstić information content (AvgIpc) is 3.10. The van der Waals surface area contributed by atoms with Crippen LogP contribution in [0.4, 0.5) is 8.78 Å². The SMILES string of the molecule is O=C(NC[C@@H]1CC12CC2)[C@H]1CCC(F)(F)C1. The minimum Gasteiger partial charge on any atom is -0.356 e. The Kier molecular flexibility index (Phi) is 2.08. The molecule has 3 aliphatic rings. The third kappa shape index (κ3) is 1.82. The second kappa shape index (κ2) is 3.17. The topological polar surface area (TPSA) is 29.1 Å². The Bertz CT molecular complexity index is 325. The normalized spacial score (nSPS) is 37.4. The number of amides is 1. The standard InChI is InChI=1S/C12H17F2NO/c13-12(14)2-1-8(5-12)10(16)15-7-9-6-11(9)3-4-11/h8-9H,1-7H2,(H,15,16)/t8-,9-/m0/s1. The summed E-state index contributed by atoms with van der Waals surface area (Å²) in [5.41, 5.74) is 0.576. The van der Waals surface area contributed by atoms with Crippen LogP contribution in [0.15, 0.2) is 0 Å². The van der Waals surface area contributed by atoms with Crippen LogP contribution in [0.2, 0.25) is 0 Å². The van der Waals surface area contributed by atoms with Gasteiger partial charge < -0.3 is 5.32 Å². The van der Waals surface area contributed by atoms with Gasteiger partial charge in [0, 0.05) is 25.3 Å². The van der Waals surface area contributed by atoms with Crippen LogP contribution in [0, 0.1) is 17.3 Å². The van der Waals surface area contributed by atoms with E-state index in [2.05, 4.69) is 5.32 Å². The molecule has 0 aromatic heterocycles. The monoisotopic (exact) mass is 229 g/mol. The summed E-state index contributed by atoms with van der Waals surface area (Å²) in [6, 6.07) is 0. The Morgan fingerprint density at radius 2 is 2.00 bits per heavy atom. The second-order valence-electron chi connectivity index (χ2n) is 5.80. The van der Waals surface area contributed by atoms with E-state index in [1.54, 1.807) is 0 Å². The van der Waals surface area contributed by atoms with Crippen LogP contribution in [0.5, 0.6) is 0 Å². The summed E-state index contributed by atoms with van der Waals surface area (Å²) in [5.74, 6) is -2.58. The Labute approximate surface area is 93.8 Å². The van der Waals surface area contributed by atoms with E-state index in [4.69, 9.17) is 0 Å². The molecule has 3 fully saturated rings. The fourth-order valence-corrected chi connectivity index (χ4v) is 3.04. The first-order chi connectivity index (χ1) is 7.51. The van der Waals surface area contributed by atoms with Gasteiger partial charge in [0.1, 0.15) is 0 Å². The number of halogens is 2. The highest BCUT2D eigenvalue weighted by molar-refractivity contribution is 5.79. The van der Waals surface area contributed by atoms with Gasteiger partial charge in [-0.25, -0.2) is 8.78 Å². The van der Waals surface area contributed by atoms with Gasteiger partial charge in [-0.2, -0.15) is 0 Å². The fraction of sp³-hybridized carbons (Fsp3) is 0.917. The fourth-order valence-electron chi connectivity index (χ4n) is 3.04. The van der Waals surface area contributed by atoms with Crippen LogP contribution in [-0.2, 0) is 4.79 Å². The summed E-state index contributed by atoms with van der Waals surface area (Å²) in [4.78, 5) is 11.7. The van der Waals surface area contributed by atoms with Crippen LogP contribution in [-0.4, -0.2) is 18.4 Å². The predicted octanol–water partition coefficient (Wildman–Crippen LogP) is 2.34. The van der Waals surface area contributed by atoms with E-state index < -0.39 is 11.8 Å². The lowest BCUT2D eigenvalue weighted by Crippen LogP contribution is -2.32. The second-order valence-corrected chi connectivity index (χ2v) is 5.80. The van der Waals surface area contributed by atoms with Crippen molar-refractivity contribution in [2.24, 2.45) is 17.3 Å². The maximum absolute atomic E-state index is 12.9. The zero-order valence-electron chi connectivity index (χ0n) is 9.27. The van der Waals surface area contributed by atoms with Crippen LogP contribution in [0.1, 0.15) is 38.5 Å². The van der Waals surface area contributed by atoms with Gasteiger partial charge >= 0.3 is 0 Å². The minimum absolute atomic E-state index is 0.127. The highest BCUT2D eigenvalue weighted by Gasteiger charge is 2.62. The van der Waals surface area contributed by atoms with Gasteiger partial charge in [0.15, 0.2) is 0 Å². The molecule has 1 amide bonds. The molecule has 90 valence electrons. The lowest BCUT2D eigenvalue weighted by molar-refractivity contribution is -0.125. The highest BCUT2D eigenvalue weighted by Crippen LogP contribution is 2.70. The zero-order chi connectivity index (χ0) is 11.4. The average molecular weight is 229 g/mol. The molecule has 3 saturated carbocycles. The van der Waals surface area contributed by atoms with Crippen molar-refractivity contribution >= 4 is 5.91 Å². The Hall–Kier alpha value is -0.670. The molecule has 0 aliphatic heterocycles. The summed E-state index contributed by atoms with van der Waals surface area (Å²) in [5, 5.41) is 2.85. The molecule has 16 heavy (non-hydrogen) atoms. The van der Waals surface area contributed by atoms with Crippen molar-refractivity contribution in [3.8, 4) is 0 Å². The Morgan fingerprint density at radius 3 is 2.50 bits per heavy atom. The summed E-state index contributed by atoms with van der Waals surface area (Å²) in [7, 11) is 0. The predicted molar refractivity (Wildman–Crippen MR) is 55.1 cm³/mol. The first-order valence-electron chi connectivity index (χ1n) is 6.16. The van der Waals surface area contributed by atoms with E-state index >= 15 is 0 Å². The maximum atomic E-state index is 12.9. The molecule has 0 heterocycles. The Balaban J connectivity index is 1.43. The number of hydrogen-bond donors (Lipinski definition) is 1. The van der Waals surface area contributed by atoms with Crippen molar-refractivity contribution in [3.05, 3.63) is 0 Å². The van der Waals surface area contributed by atoms with E-state index in [1.807, 2.05) is 0 Å². The van der Waals surface area contributed by atoms with Crippen molar-refractivity contribution in [2.45, 2.75) is 44.4 Å². The molecule has 3 rings (SSSR count). The molecule has 0 aromatic carbocycles. The largest absolute Gasteiger partial charge is 0.356 e. The molecule has 0 aromatic rings. The van der Waals surface area contributed by atoms with Gasteiger partial charge in [-0.05, 0) is 37.0 Å².